The van der Waals surface area contributed by atoms with Gasteiger partial charge in [-0.1, -0.05) is 48.6 Å². The predicted molar refractivity (Wildman–Crippen MR) is 85.9 cm³/mol. The molecule has 0 N–H and O–H groups in total. The summed E-state index contributed by atoms with van der Waals surface area (Å²) in [6, 6.07) is 8.27. The molecule has 3 atom stereocenters. The Morgan fingerprint density at radius 3 is 2.58 bits per heavy atom. The molecule has 0 amide bonds. The average molecular weight is 364 g/mol. The van der Waals surface area contributed by atoms with E-state index in [0.717, 1.165) is 11.0 Å². The van der Waals surface area contributed by atoms with Crippen LogP contribution in [0.25, 0.3) is 11.0 Å². The zero-order chi connectivity index (χ0) is 13.3. The Morgan fingerprint density at radius 2 is 1.89 bits per heavy atom. The van der Waals surface area contributed by atoms with Gasteiger partial charge in [-0.15, -0.1) is 0 Å². The highest BCUT2D eigenvalue weighted by Crippen LogP contribution is 2.67. The number of aromatic nitrogens is 2. The molecule has 0 aliphatic heterocycles. The minimum Gasteiger partial charge on any atom is -0.249 e. The van der Waals surface area contributed by atoms with Crippen molar-refractivity contribution in [3.63, 3.8) is 0 Å². The molecular formula is C16H17IN2. The van der Waals surface area contributed by atoms with E-state index in [1.807, 2.05) is 0 Å². The molecule has 98 valence electrons. The summed E-state index contributed by atoms with van der Waals surface area (Å²) in [5.74, 6) is 0.599. The summed E-state index contributed by atoms with van der Waals surface area (Å²) >= 11 is 2.55. The molecule has 1 fully saturated rings. The second kappa shape index (κ2) is 3.68. The lowest BCUT2D eigenvalue weighted by molar-refractivity contribution is 0.239. The molecule has 2 aliphatic rings. The molecular weight excluding hydrogens is 347 g/mol. The van der Waals surface area contributed by atoms with E-state index >= 15 is 0 Å². The Bertz CT molecular complexity index is 684. The van der Waals surface area contributed by atoms with Crippen LogP contribution in [-0.4, -0.2) is 14.4 Å². The third-order valence-electron chi connectivity index (χ3n) is 5.69. The highest BCUT2D eigenvalue weighted by molar-refractivity contribution is 14.1. The first kappa shape index (κ1) is 12.1. The van der Waals surface area contributed by atoms with Gasteiger partial charge in [0, 0.05) is 15.8 Å². The fourth-order valence-electron chi connectivity index (χ4n) is 4.15. The maximum atomic E-state index is 4.99. The number of rotatable bonds is 1. The third-order valence-corrected chi connectivity index (χ3v) is 7.28. The number of nitrogens with zero attached hydrogens (tertiary/aromatic N) is 2. The summed E-state index contributed by atoms with van der Waals surface area (Å²) in [6.45, 7) is 4.84. The van der Waals surface area contributed by atoms with E-state index in [1.54, 1.807) is 0 Å². The van der Waals surface area contributed by atoms with Crippen LogP contribution in [0, 0.1) is 5.41 Å². The highest BCUT2D eigenvalue weighted by atomic mass is 127. The van der Waals surface area contributed by atoms with Crippen molar-refractivity contribution in [2.45, 2.75) is 38.0 Å². The van der Waals surface area contributed by atoms with Crippen LogP contribution < -0.4 is 0 Å². The maximum Gasteiger partial charge on any atom is 0.0890 e. The van der Waals surface area contributed by atoms with Crippen molar-refractivity contribution in [2.75, 3.05) is 4.43 Å². The van der Waals surface area contributed by atoms with Crippen molar-refractivity contribution < 1.29 is 0 Å². The lowest BCUT2D eigenvalue weighted by atomic mass is 9.70. The summed E-state index contributed by atoms with van der Waals surface area (Å²) in [6.07, 6.45) is 2.53. The van der Waals surface area contributed by atoms with Crippen LogP contribution in [0.4, 0.5) is 0 Å². The predicted octanol–water partition coefficient (Wildman–Crippen LogP) is 4.22. The Kier molecular flexibility index (Phi) is 2.34. The number of benzene rings is 1. The highest BCUT2D eigenvalue weighted by Gasteiger charge is 2.63. The second-order valence-electron chi connectivity index (χ2n) is 6.42. The molecule has 2 aromatic rings. The van der Waals surface area contributed by atoms with Gasteiger partial charge >= 0.3 is 0 Å². The first-order valence-electron chi connectivity index (χ1n) is 6.93. The molecule has 2 nitrogen and oxygen atoms in total. The minimum absolute atomic E-state index is 0.214. The summed E-state index contributed by atoms with van der Waals surface area (Å²) < 4.78 is 1.18. The van der Waals surface area contributed by atoms with Gasteiger partial charge in [-0.25, -0.2) is 9.97 Å². The van der Waals surface area contributed by atoms with Crippen LogP contribution in [0.1, 0.15) is 44.0 Å². The standard InChI is InChI=1S/C16H17IN2/c1-15-8-7-10(16(15,2)9-17)13-14(15)19-12-6-4-3-5-11(12)18-13/h3-6,10H,7-9H2,1-2H3/t10-,15+,16+/m0/s1. The molecule has 0 radical (unpaired) electrons. The Hall–Kier alpha value is -0.710. The summed E-state index contributed by atoms with van der Waals surface area (Å²) in [7, 11) is 0. The van der Waals surface area contributed by atoms with Crippen LogP contribution in [0.5, 0.6) is 0 Å². The lowest BCUT2D eigenvalue weighted by Gasteiger charge is -2.36. The molecule has 1 aromatic carbocycles. The van der Waals surface area contributed by atoms with E-state index in [9.17, 15) is 0 Å². The van der Waals surface area contributed by atoms with Crippen LogP contribution in [0.2, 0.25) is 0 Å². The van der Waals surface area contributed by atoms with Crippen molar-refractivity contribution >= 4 is 33.6 Å². The van der Waals surface area contributed by atoms with Gasteiger partial charge in [0.2, 0.25) is 0 Å². The fourth-order valence-corrected chi connectivity index (χ4v) is 5.53. The van der Waals surface area contributed by atoms with E-state index < -0.39 is 0 Å². The minimum atomic E-state index is 0.214. The van der Waals surface area contributed by atoms with Gasteiger partial charge in [-0.05, 0) is 30.4 Å². The molecule has 1 aromatic heterocycles. The van der Waals surface area contributed by atoms with Crippen molar-refractivity contribution in [3.05, 3.63) is 35.7 Å². The van der Waals surface area contributed by atoms with Gasteiger partial charge in [0.25, 0.3) is 0 Å². The summed E-state index contributed by atoms with van der Waals surface area (Å²) in [5.41, 5.74) is 5.20. The Labute approximate surface area is 127 Å². The topological polar surface area (TPSA) is 25.8 Å². The van der Waals surface area contributed by atoms with E-state index in [2.05, 4.69) is 60.7 Å². The van der Waals surface area contributed by atoms with Gasteiger partial charge in [-0.3, -0.25) is 0 Å². The number of hydrogen-bond donors (Lipinski definition) is 0. The zero-order valence-corrected chi connectivity index (χ0v) is 13.4. The first-order chi connectivity index (χ1) is 9.10. The van der Waals surface area contributed by atoms with Crippen LogP contribution in [-0.2, 0) is 5.41 Å². The number of hydrogen-bond acceptors (Lipinski definition) is 2. The summed E-state index contributed by atoms with van der Waals surface area (Å²) in [5, 5.41) is 0. The lowest BCUT2D eigenvalue weighted by Crippen LogP contribution is -2.36. The molecule has 0 spiro atoms. The smallest absolute Gasteiger partial charge is 0.0890 e. The molecule has 3 heteroatoms. The molecule has 0 unspecified atom stereocenters. The number of para-hydroxylation sites is 2. The van der Waals surface area contributed by atoms with Crippen molar-refractivity contribution in [1.29, 1.82) is 0 Å². The quantitative estimate of drug-likeness (QED) is 0.559. The molecule has 1 saturated carbocycles. The molecule has 1 heterocycles. The van der Waals surface area contributed by atoms with Crippen LogP contribution in [0.3, 0.4) is 0 Å². The first-order valence-corrected chi connectivity index (χ1v) is 8.46. The van der Waals surface area contributed by atoms with E-state index in [4.69, 9.17) is 9.97 Å². The fraction of sp³-hybridized carbons (Fsp3) is 0.500. The van der Waals surface area contributed by atoms with Gasteiger partial charge in [0.1, 0.15) is 0 Å². The van der Waals surface area contributed by atoms with Crippen LogP contribution in [0.15, 0.2) is 24.3 Å². The zero-order valence-electron chi connectivity index (χ0n) is 11.3. The summed E-state index contributed by atoms with van der Waals surface area (Å²) in [4.78, 5) is 9.95. The molecule has 19 heavy (non-hydrogen) atoms. The van der Waals surface area contributed by atoms with Crippen LogP contribution >= 0.6 is 22.6 Å². The number of alkyl halides is 1. The molecule has 2 aliphatic carbocycles. The molecule has 2 bridgehead atoms. The third kappa shape index (κ3) is 1.28. The van der Waals surface area contributed by atoms with E-state index in [0.29, 0.717) is 11.3 Å². The Balaban J connectivity index is 2.05. The normalized spacial score (nSPS) is 35.8. The number of halogens is 1. The van der Waals surface area contributed by atoms with Gasteiger partial charge in [0.05, 0.1) is 22.4 Å². The second-order valence-corrected chi connectivity index (χ2v) is 7.18. The van der Waals surface area contributed by atoms with Gasteiger partial charge in [-0.2, -0.15) is 0 Å². The van der Waals surface area contributed by atoms with Crippen molar-refractivity contribution in [1.82, 2.24) is 9.97 Å². The van der Waals surface area contributed by atoms with E-state index in [1.165, 1.54) is 28.7 Å². The van der Waals surface area contributed by atoms with Crippen molar-refractivity contribution in [2.24, 2.45) is 5.41 Å². The largest absolute Gasteiger partial charge is 0.249 e. The number of fused-ring (bicyclic) bond motifs is 6. The Morgan fingerprint density at radius 1 is 1.21 bits per heavy atom. The van der Waals surface area contributed by atoms with Crippen molar-refractivity contribution in [3.8, 4) is 0 Å². The van der Waals surface area contributed by atoms with Gasteiger partial charge < -0.3 is 0 Å². The SMILES string of the molecule is C[C@@]12CC[C@@H](c3nc4ccccc4nc31)[C@@]2(C)CI. The molecule has 0 saturated heterocycles. The maximum absolute atomic E-state index is 4.99. The van der Waals surface area contributed by atoms with E-state index in [-0.39, 0.29) is 5.41 Å². The van der Waals surface area contributed by atoms with Gasteiger partial charge in [0.15, 0.2) is 0 Å². The monoisotopic (exact) mass is 364 g/mol. The average Bonchev–Trinajstić information content (AvgIpc) is 2.80. The molecule has 4 rings (SSSR count).